The third-order valence-corrected chi connectivity index (χ3v) is 11.3. The first-order valence-corrected chi connectivity index (χ1v) is 18.5. The molecule has 0 bridgehead atoms. The highest BCUT2D eigenvalue weighted by Crippen LogP contribution is 2.42. The van der Waals surface area contributed by atoms with Crippen molar-refractivity contribution in [1.29, 1.82) is 0 Å². The second kappa shape index (κ2) is 12.7. The first-order valence-electron chi connectivity index (χ1n) is 17.7. The van der Waals surface area contributed by atoms with E-state index in [1.165, 1.54) is 53.5 Å². The van der Waals surface area contributed by atoms with E-state index in [-0.39, 0.29) is 6.17 Å². The normalized spacial score (nSPS) is 14.3. The van der Waals surface area contributed by atoms with E-state index in [4.69, 9.17) is 4.99 Å². The SMILES string of the molecule is C1=C(c2ccc(-c3ccccc3)cc2)NC(c2ccccc2)N=C1c1ccc(-n2c3ccccc3c3c4sc(-c5ccccc5)cc4ccc32)cc1. The highest BCUT2D eigenvalue weighted by Gasteiger charge is 2.21. The van der Waals surface area contributed by atoms with Gasteiger partial charge in [-0.15, -0.1) is 11.3 Å². The zero-order valence-corrected chi connectivity index (χ0v) is 29.1. The van der Waals surface area contributed by atoms with Crippen molar-refractivity contribution >= 4 is 54.6 Å². The fourth-order valence-electron chi connectivity index (χ4n) is 7.48. The molecule has 1 aliphatic heterocycles. The lowest BCUT2D eigenvalue weighted by Crippen LogP contribution is -2.24. The number of rotatable bonds is 6. The van der Waals surface area contributed by atoms with E-state index in [0.29, 0.717) is 0 Å². The zero-order chi connectivity index (χ0) is 34.4. The summed E-state index contributed by atoms with van der Waals surface area (Å²) in [5.74, 6) is 0. The summed E-state index contributed by atoms with van der Waals surface area (Å²) < 4.78 is 3.73. The van der Waals surface area contributed by atoms with Crippen LogP contribution in [0.3, 0.4) is 0 Å². The van der Waals surface area contributed by atoms with Gasteiger partial charge in [-0.3, -0.25) is 4.99 Å². The van der Waals surface area contributed by atoms with Gasteiger partial charge in [0.05, 0.1) is 16.7 Å². The fourth-order valence-corrected chi connectivity index (χ4v) is 8.70. The zero-order valence-electron chi connectivity index (χ0n) is 28.3. The summed E-state index contributed by atoms with van der Waals surface area (Å²) in [4.78, 5) is 6.53. The van der Waals surface area contributed by atoms with E-state index >= 15 is 0 Å². The molecule has 246 valence electrons. The van der Waals surface area contributed by atoms with Crippen molar-refractivity contribution in [2.45, 2.75) is 6.17 Å². The highest BCUT2D eigenvalue weighted by molar-refractivity contribution is 7.23. The number of thiophene rings is 1. The van der Waals surface area contributed by atoms with Crippen molar-refractivity contribution < 1.29 is 0 Å². The third kappa shape index (κ3) is 5.33. The molecule has 4 heteroatoms. The topological polar surface area (TPSA) is 29.3 Å². The van der Waals surface area contributed by atoms with Gasteiger partial charge >= 0.3 is 0 Å². The van der Waals surface area contributed by atoms with E-state index in [0.717, 1.165) is 33.8 Å². The van der Waals surface area contributed by atoms with Crippen LogP contribution in [0.25, 0.3) is 64.8 Å². The van der Waals surface area contributed by atoms with Crippen LogP contribution in [0.1, 0.15) is 22.9 Å². The maximum atomic E-state index is 5.24. The Kier molecular flexibility index (Phi) is 7.40. The van der Waals surface area contributed by atoms with Crippen LogP contribution in [0.15, 0.2) is 193 Å². The van der Waals surface area contributed by atoms with Gasteiger partial charge in [0.2, 0.25) is 0 Å². The average molecular weight is 684 g/mol. The average Bonchev–Trinajstić information content (AvgIpc) is 3.82. The Labute approximate surface area is 306 Å². The number of nitrogens with one attached hydrogen (secondary N) is 1. The molecule has 0 saturated heterocycles. The molecule has 52 heavy (non-hydrogen) atoms. The van der Waals surface area contributed by atoms with E-state index in [9.17, 15) is 0 Å². The van der Waals surface area contributed by atoms with Crippen LogP contribution in [0, 0.1) is 0 Å². The summed E-state index contributed by atoms with van der Waals surface area (Å²) in [6.07, 6.45) is 1.99. The Morgan fingerprint density at radius 3 is 1.88 bits per heavy atom. The van der Waals surface area contributed by atoms with E-state index in [1.807, 2.05) is 11.3 Å². The van der Waals surface area contributed by atoms with Gasteiger partial charge in [-0.2, -0.15) is 0 Å². The smallest absolute Gasteiger partial charge is 0.145 e. The van der Waals surface area contributed by atoms with Crippen molar-refractivity contribution in [3.63, 3.8) is 0 Å². The molecule has 3 heterocycles. The predicted octanol–water partition coefficient (Wildman–Crippen LogP) is 12.5. The molecule has 0 radical (unpaired) electrons. The summed E-state index contributed by atoms with van der Waals surface area (Å²) in [7, 11) is 0. The lowest BCUT2D eigenvalue weighted by atomic mass is 9.99. The van der Waals surface area contributed by atoms with Gasteiger partial charge in [-0.1, -0.05) is 152 Å². The molecule has 1 unspecified atom stereocenters. The van der Waals surface area contributed by atoms with Gasteiger partial charge in [-0.05, 0) is 75.2 Å². The van der Waals surface area contributed by atoms with Crippen LogP contribution in [0.4, 0.5) is 0 Å². The summed E-state index contributed by atoms with van der Waals surface area (Å²) in [5.41, 5.74) is 12.6. The van der Waals surface area contributed by atoms with Crippen LogP contribution < -0.4 is 5.32 Å². The van der Waals surface area contributed by atoms with Gasteiger partial charge in [0.1, 0.15) is 6.17 Å². The lowest BCUT2D eigenvalue weighted by molar-refractivity contribution is 0.664. The predicted molar refractivity (Wildman–Crippen MR) is 220 cm³/mol. The number of hydrogen-bond acceptors (Lipinski definition) is 3. The summed E-state index contributed by atoms with van der Waals surface area (Å²) >= 11 is 1.88. The Morgan fingerprint density at radius 2 is 1.13 bits per heavy atom. The van der Waals surface area contributed by atoms with Gasteiger partial charge < -0.3 is 9.88 Å². The van der Waals surface area contributed by atoms with Crippen molar-refractivity contribution in [3.8, 4) is 27.3 Å². The van der Waals surface area contributed by atoms with E-state index < -0.39 is 0 Å². The first kappa shape index (κ1) is 30.3. The quantitative estimate of drug-likeness (QED) is 0.186. The second-order valence-electron chi connectivity index (χ2n) is 13.2. The number of nitrogens with zero attached hydrogens (tertiary/aromatic N) is 2. The molecular weight excluding hydrogens is 651 g/mol. The standard InChI is InChI=1S/C48H33N3S/c1-4-12-32(13-5-1)33-20-22-34(23-21-33)41-31-42(50-48(49-41)37-16-8-3-9-17-37)35-24-27-39(28-25-35)51-43-19-11-10-18-40(43)46-44(51)29-26-38-30-45(52-47(38)46)36-14-6-2-7-15-36/h1-31,48-49H. The number of aromatic nitrogens is 1. The third-order valence-electron chi connectivity index (χ3n) is 10.1. The number of fused-ring (bicyclic) bond motifs is 5. The Hall–Kier alpha value is -6.49. The molecule has 9 aromatic rings. The summed E-state index contributed by atoms with van der Waals surface area (Å²) in [6, 6.07) is 65.1. The van der Waals surface area contributed by atoms with Crippen molar-refractivity contribution in [2.24, 2.45) is 4.99 Å². The molecular formula is C48H33N3S. The largest absolute Gasteiger partial charge is 0.360 e. The molecule has 7 aromatic carbocycles. The minimum Gasteiger partial charge on any atom is -0.360 e. The number of aliphatic imine (C=N–C) groups is 1. The maximum Gasteiger partial charge on any atom is 0.145 e. The molecule has 10 rings (SSSR count). The molecule has 2 aromatic heterocycles. The van der Waals surface area contributed by atoms with Crippen LogP contribution >= 0.6 is 11.3 Å². The molecule has 3 nitrogen and oxygen atoms in total. The summed E-state index contributed by atoms with van der Waals surface area (Å²) in [6.45, 7) is 0. The molecule has 0 amide bonds. The molecule has 1 N–H and O–H groups in total. The number of hydrogen-bond donors (Lipinski definition) is 1. The van der Waals surface area contributed by atoms with Gasteiger partial charge in [0.15, 0.2) is 0 Å². The van der Waals surface area contributed by atoms with Crippen molar-refractivity contribution in [1.82, 2.24) is 9.88 Å². The number of allylic oxidation sites excluding steroid dienone is 1. The molecule has 0 fully saturated rings. The number of para-hydroxylation sites is 1. The minimum absolute atomic E-state index is 0.198. The molecule has 0 aliphatic carbocycles. The Balaban J connectivity index is 1.05. The first-order chi connectivity index (χ1) is 25.8. The molecule has 0 spiro atoms. The highest BCUT2D eigenvalue weighted by atomic mass is 32.1. The maximum absolute atomic E-state index is 5.24. The van der Waals surface area contributed by atoms with Crippen LogP contribution in [0.2, 0.25) is 0 Å². The molecule has 1 atom stereocenters. The van der Waals surface area contributed by atoms with Gasteiger partial charge in [0.25, 0.3) is 0 Å². The van der Waals surface area contributed by atoms with Crippen LogP contribution in [-0.2, 0) is 0 Å². The lowest BCUT2D eigenvalue weighted by Gasteiger charge is -2.25. The van der Waals surface area contributed by atoms with Gasteiger partial charge in [0, 0.05) is 31.7 Å². The summed E-state index contributed by atoms with van der Waals surface area (Å²) in [5, 5.41) is 7.58. The fraction of sp³-hybridized carbons (Fsp3) is 0.0208. The van der Waals surface area contributed by atoms with Gasteiger partial charge in [-0.25, -0.2) is 0 Å². The van der Waals surface area contributed by atoms with E-state index in [2.05, 4.69) is 198 Å². The van der Waals surface area contributed by atoms with Crippen molar-refractivity contribution in [3.05, 3.63) is 205 Å². The minimum atomic E-state index is -0.198. The van der Waals surface area contributed by atoms with Crippen LogP contribution in [0.5, 0.6) is 0 Å². The second-order valence-corrected chi connectivity index (χ2v) is 14.3. The molecule has 0 saturated carbocycles. The number of benzene rings is 7. The molecule has 1 aliphatic rings. The Bertz CT molecular complexity index is 2770. The van der Waals surface area contributed by atoms with Crippen molar-refractivity contribution in [2.75, 3.05) is 0 Å². The monoisotopic (exact) mass is 683 g/mol. The Morgan fingerprint density at radius 1 is 0.519 bits per heavy atom. The van der Waals surface area contributed by atoms with E-state index in [1.54, 1.807) is 0 Å². The van der Waals surface area contributed by atoms with Crippen LogP contribution in [-0.4, -0.2) is 10.3 Å².